The minimum Gasteiger partial charge on any atom is -0.465 e. The topological polar surface area (TPSA) is 52.6 Å². The molecule has 34 heavy (non-hydrogen) atoms. The van der Waals surface area contributed by atoms with Crippen LogP contribution in [0.5, 0.6) is 0 Å². The van der Waals surface area contributed by atoms with Crippen molar-refractivity contribution in [2.24, 2.45) is 38.9 Å². The van der Waals surface area contributed by atoms with Crippen LogP contribution in [0.15, 0.2) is 0 Å². The Labute approximate surface area is 209 Å². The largest absolute Gasteiger partial charge is 0.465 e. The second-order valence-corrected chi connectivity index (χ2v) is 14.2. The molecule has 196 valence electrons. The van der Waals surface area contributed by atoms with E-state index in [2.05, 4.69) is 48.5 Å². The maximum Gasteiger partial charge on any atom is 0.302 e. The molecule has 0 aromatic carbocycles. The van der Waals surface area contributed by atoms with Gasteiger partial charge < -0.3 is 9.47 Å². The summed E-state index contributed by atoms with van der Waals surface area (Å²) < 4.78 is 11.4. The molecule has 4 heteroatoms. The first-order chi connectivity index (χ1) is 15.6. The highest BCUT2D eigenvalue weighted by Gasteiger charge is 2.63. The number of carbonyl (C=O) groups is 2. The van der Waals surface area contributed by atoms with Gasteiger partial charge in [0.1, 0.15) is 6.10 Å². The lowest BCUT2D eigenvalue weighted by Gasteiger charge is -2.67. The Balaban J connectivity index is 1.90. The Kier molecular flexibility index (Phi) is 7.64. The van der Waals surface area contributed by atoms with Crippen LogP contribution in [0.4, 0.5) is 0 Å². The van der Waals surface area contributed by atoms with Gasteiger partial charge in [0.15, 0.2) is 0 Å². The second kappa shape index (κ2) is 9.43. The number of esters is 2. The standard InChI is InChI=1S/C30H52O4/c1-21(31)33-20-28(7)15-11-10-12-24-29(8)16-14-25(34-22(2)32)27(5,6)23(29)13-17-30(24,9)26(3,4)18-19-28/h23-25H,10-20H2,1-9H3/t23?,24?,25-,28?,29-,30+/m0/s1. The number of carbonyl (C=O) groups excluding carboxylic acids is 2. The lowest BCUT2D eigenvalue weighted by atomic mass is 9.38. The summed E-state index contributed by atoms with van der Waals surface area (Å²) in [6, 6.07) is 0. The number of rotatable bonds is 3. The lowest BCUT2D eigenvalue weighted by Crippen LogP contribution is -2.61. The zero-order valence-electron chi connectivity index (χ0n) is 23.6. The van der Waals surface area contributed by atoms with Gasteiger partial charge in [-0.3, -0.25) is 9.59 Å². The van der Waals surface area contributed by atoms with Crippen molar-refractivity contribution in [1.29, 1.82) is 0 Å². The molecular weight excluding hydrogens is 424 g/mol. The molecule has 3 aliphatic carbocycles. The summed E-state index contributed by atoms with van der Waals surface area (Å²) in [5.74, 6) is 0.940. The molecule has 3 rings (SSSR count). The van der Waals surface area contributed by atoms with Crippen LogP contribution in [0, 0.1) is 38.9 Å². The zero-order valence-corrected chi connectivity index (χ0v) is 23.6. The first-order valence-corrected chi connectivity index (χ1v) is 13.9. The van der Waals surface area contributed by atoms with E-state index in [1.54, 1.807) is 6.92 Å². The molecule has 0 bridgehead atoms. The number of hydrogen-bond acceptors (Lipinski definition) is 4. The SMILES string of the molecule is CC(=O)OCC1(C)CCCCC2[C@@]3(C)CC[C@H](OC(C)=O)C(C)(C)C3CC[C@@]2(C)C(C)(C)CC1. The predicted octanol–water partition coefficient (Wildman–Crippen LogP) is 7.73. The maximum absolute atomic E-state index is 11.8. The fourth-order valence-electron chi connectivity index (χ4n) is 8.74. The average molecular weight is 477 g/mol. The van der Waals surface area contributed by atoms with E-state index in [4.69, 9.17) is 9.47 Å². The van der Waals surface area contributed by atoms with E-state index in [1.165, 1.54) is 39.0 Å². The van der Waals surface area contributed by atoms with Crippen molar-refractivity contribution >= 4 is 11.9 Å². The van der Waals surface area contributed by atoms with Crippen molar-refractivity contribution in [2.45, 2.75) is 133 Å². The Hall–Kier alpha value is -1.06. The van der Waals surface area contributed by atoms with Gasteiger partial charge in [0, 0.05) is 24.7 Å². The van der Waals surface area contributed by atoms with Crippen molar-refractivity contribution < 1.29 is 19.1 Å². The molecule has 0 N–H and O–H groups in total. The van der Waals surface area contributed by atoms with Crippen molar-refractivity contribution in [3.05, 3.63) is 0 Å². The fourth-order valence-corrected chi connectivity index (χ4v) is 8.74. The van der Waals surface area contributed by atoms with Crippen LogP contribution in [0.1, 0.15) is 127 Å². The van der Waals surface area contributed by atoms with Gasteiger partial charge in [-0.05, 0) is 79.4 Å². The summed E-state index contributed by atoms with van der Waals surface area (Å²) in [7, 11) is 0. The Morgan fingerprint density at radius 1 is 0.735 bits per heavy atom. The van der Waals surface area contributed by atoms with Gasteiger partial charge in [0.05, 0.1) is 6.61 Å². The molecule has 0 aromatic heterocycles. The van der Waals surface area contributed by atoms with E-state index >= 15 is 0 Å². The fraction of sp³-hybridized carbons (Fsp3) is 0.933. The highest BCUT2D eigenvalue weighted by atomic mass is 16.5. The third kappa shape index (κ3) is 4.94. The molecule has 0 amide bonds. The highest BCUT2D eigenvalue weighted by molar-refractivity contribution is 5.66. The summed E-state index contributed by atoms with van der Waals surface area (Å²) in [6.07, 6.45) is 11.7. The monoisotopic (exact) mass is 476 g/mol. The molecule has 6 atom stereocenters. The van der Waals surface area contributed by atoms with Crippen molar-refractivity contribution in [2.75, 3.05) is 6.61 Å². The first kappa shape index (κ1) is 27.5. The molecule has 3 saturated carbocycles. The van der Waals surface area contributed by atoms with Gasteiger partial charge in [-0.25, -0.2) is 0 Å². The molecule has 3 unspecified atom stereocenters. The smallest absolute Gasteiger partial charge is 0.302 e. The molecular formula is C30H52O4. The van der Waals surface area contributed by atoms with Gasteiger partial charge in [0.2, 0.25) is 0 Å². The summed E-state index contributed by atoms with van der Waals surface area (Å²) in [5.41, 5.74) is 0.809. The second-order valence-electron chi connectivity index (χ2n) is 14.2. The quantitative estimate of drug-likeness (QED) is 0.391. The normalized spacial score (nSPS) is 42.0. The maximum atomic E-state index is 11.8. The molecule has 0 saturated heterocycles. The van der Waals surface area contributed by atoms with E-state index in [-0.39, 0.29) is 45.1 Å². The van der Waals surface area contributed by atoms with Crippen LogP contribution in [0.3, 0.4) is 0 Å². The van der Waals surface area contributed by atoms with Crippen molar-refractivity contribution in [3.63, 3.8) is 0 Å². The van der Waals surface area contributed by atoms with E-state index in [0.717, 1.165) is 32.1 Å². The number of fused-ring (bicyclic) bond motifs is 3. The highest BCUT2D eigenvalue weighted by Crippen LogP contribution is 2.70. The van der Waals surface area contributed by atoms with Crippen molar-refractivity contribution in [1.82, 2.24) is 0 Å². The molecule has 0 radical (unpaired) electrons. The Morgan fingerprint density at radius 2 is 1.41 bits per heavy atom. The van der Waals surface area contributed by atoms with Crippen LogP contribution in [0.25, 0.3) is 0 Å². The molecule has 3 aliphatic rings. The van der Waals surface area contributed by atoms with Crippen molar-refractivity contribution in [3.8, 4) is 0 Å². The van der Waals surface area contributed by atoms with E-state index < -0.39 is 0 Å². The third-order valence-corrected chi connectivity index (χ3v) is 11.3. The van der Waals surface area contributed by atoms with E-state index in [0.29, 0.717) is 18.4 Å². The Morgan fingerprint density at radius 3 is 2.03 bits per heavy atom. The zero-order chi connectivity index (χ0) is 25.6. The molecule has 4 nitrogen and oxygen atoms in total. The number of hydrogen-bond donors (Lipinski definition) is 0. The van der Waals surface area contributed by atoms with Crippen LogP contribution in [-0.2, 0) is 19.1 Å². The van der Waals surface area contributed by atoms with E-state index in [1.807, 2.05) is 0 Å². The van der Waals surface area contributed by atoms with Crippen LogP contribution < -0.4 is 0 Å². The first-order valence-electron chi connectivity index (χ1n) is 13.9. The minimum atomic E-state index is -0.164. The third-order valence-electron chi connectivity index (χ3n) is 11.3. The van der Waals surface area contributed by atoms with Gasteiger partial charge in [-0.1, -0.05) is 61.3 Å². The molecule has 0 aromatic rings. The average Bonchev–Trinajstić information content (AvgIpc) is 2.71. The minimum absolute atomic E-state index is 0.00205. The van der Waals surface area contributed by atoms with Crippen LogP contribution >= 0.6 is 0 Å². The van der Waals surface area contributed by atoms with Crippen LogP contribution in [-0.4, -0.2) is 24.6 Å². The van der Waals surface area contributed by atoms with Gasteiger partial charge in [-0.2, -0.15) is 0 Å². The lowest BCUT2D eigenvalue weighted by molar-refractivity contribution is -0.209. The van der Waals surface area contributed by atoms with Gasteiger partial charge in [-0.15, -0.1) is 0 Å². The number of ether oxygens (including phenoxy) is 2. The summed E-state index contributed by atoms with van der Waals surface area (Å²) in [5, 5.41) is 0. The van der Waals surface area contributed by atoms with Gasteiger partial charge in [0.25, 0.3) is 0 Å². The predicted molar refractivity (Wildman–Crippen MR) is 137 cm³/mol. The molecule has 3 fully saturated rings. The summed E-state index contributed by atoms with van der Waals surface area (Å²) in [4.78, 5) is 23.4. The van der Waals surface area contributed by atoms with Gasteiger partial charge >= 0.3 is 11.9 Å². The summed E-state index contributed by atoms with van der Waals surface area (Å²) in [6.45, 7) is 20.9. The Bertz CT molecular complexity index is 770. The van der Waals surface area contributed by atoms with Crippen LogP contribution in [0.2, 0.25) is 0 Å². The van der Waals surface area contributed by atoms with E-state index in [9.17, 15) is 9.59 Å². The molecule has 0 aliphatic heterocycles. The molecule has 0 spiro atoms. The molecule has 0 heterocycles. The summed E-state index contributed by atoms with van der Waals surface area (Å²) >= 11 is 0.